The molecule has 1 amide bonds. The van der Waals surface area contributed by atoms with Gasteiger partial charge in [0.2, 0.25) is 0 Å². The van der Waals surface area contributed by atoms with Crippen LogP contribution in [-0.2, 0) is 0 Å². The largest absolute Gasteiger partial charge is 0.269 e. The van der Waals surface area contributed by atoms with Crippen molar-refractivity contribution in [3.05, 3.63) is 35.4 Å². The van der Waals surface area contributed by atoms with E-state index in [2.05, 4.69) is 4.94 Å². The number of hydrogen-bond donors (Lipinski definition) is 1. The third-order valence-corrected chi connectivity index (χ3v) is 2.39. The second kappa shape index (κ2) is 4.85. The Morgan fingerprint density at radius 1 is 1.38 bits per heavy atom. The zero-order chi connectivity index (χ0) is 12.3. The van der Waals surface area contributed by atoms with Crippen LogP contribution in [0.25, 0.3) is 0 Å². The molecule has 1 aromatic carbocycles. The third kappa shape index (κ3) is 2.97. The summed E-state index contributed by atoms with van der Waals surface area (Å²) in [7, 11) is 0. The molecule has 0 aromatic heterocycles. The van der Waals surface area contributed by atoms with Gasteiger partial charge in [0.25, 0.3) is 5.91 Å². The fourth-order valence-corrected chi connectivity index (χ4v) is 1.71. The predicted molar refractivity (Wildman–Crippen MR) is 66.1 cm³/mol. The quantitative estimate of drug-likeness (QED) is 0.637. The second-order valence-corrected chi connectivity index (χ2v) is 4.93. The first-order valence-electron chi connectivity index (χ1n) is 5.14. The second-order valence-electron chi connectivity index (χ2n) is 4.77. The molecule has 0 bridgehead atoms. The van der Waals surface area contributed by atoms with E-state index in [0.717, 1.165) is 5.56 Å². The maximum Gasteiger partial charge on any atom is 0.269 e. The minimum atomic E-state index is -0.372. The van der Waals surface area contributed by atoms with Crippen molar-refractivity contribution in [1.82, 2.24) is 9.95 Å². The fraction of sp³-hybridized carbons (Fsp3) is 0.417. The topological polar surface area (TPSA) is 32.3 Å². The maximum atomic E-state index is 12.2. The zero-order valence-electron chi connectivity index (χ0n) is 10.0. The van der Waals surface area contributed by atoms with Gasteiger partial charge in [-0.05, 0) is 51.6 Å². The smallest absolute Gasteiger partial charge is 0.268 e. The minimum Gasteiger partial charge on any atom is -0.268 e. The van der Waals surface area contributed by atoms with Crippen molar-refractivity contribution in [2.24, 2.45) is 0 Å². The highest BCUT2D eigenvalue weighted by Gasteiger charge is 2.26. The van der Waals surface area contributed by atoms with E-state index in [1.54, 1.807) is 6.07 Å². The summed E-state index contributed by atoms with van der Waals surface area (Å²) in [6.45, 7) is 7.69. The van der Waals surface area contributed by atoms with Crippen molar-refractivity contribution < 1.29 is 4.79 Å². The number of hydrogen-bond acceptors (Lipinski definition) is 2. The fourth-order valence-electron chi connectivity index (χ4n) is 1.38. The summed E-state index contributed by atoms with van der Waals surface area (Å²) in [4.78, 5) is 14.6. The molecule has 16 heavy (non-hydrogen) atoms. The molecular weight excluding hydrogens is 224 g/mol. The molecule has 1 aromatic rings. The third-order valence-electron chi connectivity index (χ3n) is 2.22. The number of benzene rings is 1. The van der Waals surface area contributed by atoms with Gasteiger partial charge in [0.05, 0.1) is 5.54 Å². The number of nitrogens with zero attached hydrogens (tertiary/aromatic N) is 1. The van der Waals surface area contributed by atoms with E-state index in [1.807, 2.05) is 45.9 Å². The van der Waals surface area contributed by atoms with Crippen LogP contribution in [0.5, 0.6) is 0 Å². The Kier molecular flexibility index (Phi) is 3.94. The highest BCUT2D eigenvalue weighted by Crippen LogP contribution is 2.16. The molecule has 3 nitrogen and oxygen atoms in total. The highest BCUT2D eigenvalue weighted by atomic mass is 35.5. The van der Waals surface area contributed by atoms with E-state index in [9.17, 15) is 4.79 Å². The van der Waals surface area contributed by atoms with E-state index in [0.29, 0.717) is 5.56 Å². The molecule has 0 heterocycles. The van der Waals surface area contributed by atoms with E-state index in [1.165, 1.54) is 5.01 Å². The van der Waals surface area contributed by atoms with Crippen molar-refractivity contribution >= 4 is 17.7 Å². The summed E-state index contributed by atoms with van der Waals surface area (Å²) in [6, 6.07) is 7.43. The lowest BCUT2D eigenvalue weighted by Crippen LogP contribution is -2.50. The van der Waals surface area contributed by atoms with Crippen LogP contribution in [-0.4, -0.2) is 16.5 Å². The molecule has 0 aliphatic heterocycles. The molecule has 88 valence electrons. The Morgan fingerprint density at radius 3 is 2.44 bits per heavy atom. The SMILES string of the molecule is Cc1cccc(C(=O)N(NCl)C(C)(C)C)c1. The maximum absolute atomic E-state index is 12.2. The Hall–Kier alpha value is -1.06. The molecule has 0 aliphatic rings. The summed E-state index contributed by atoms with van der Waals surface area (Å²) in [5, 5.41) is 1.41. The highest BCUT2D eigenvalue weighted by molar-refractivity contribution is 6.14. The van der Waals surface area contributed by atoms with Gasteiger partial charge in [-0.3, -0.25) is 9.80 Å². The molecular formula is C12H17ClN2O. The first-order valence-corrected chi connectivity index (χ1v) is 5.51. The van der Waals surface area contributed by atoms with Gasteiger partial charge in [0.15, 0.2) is 0 Å². The van der Waals surface area contributed by atoms with Crippen molar-refractivity contribution in [3.8, 4) is 0 Å². The van der Waals surface area contributed by atoms with Gasteiger partial charge >= 0.3 is 0 Å². The van der Waals surface area contributed by atoms with Crippen LogP contribution in [0, 0.1) is 6.92 Å². The molecule has 0 saturated heterocycles. The minimum absolute atomic E-state index is 0.133. The number of aryl methyl sites for hydroxylation is 1. The number of rotatable bonds is 2. The van der Waals surface area contributed by atoms with Crippen molar-refractivity contribution in [1.29, 1.82) is 0 Å². The van der Waals surface area contributed by atoms with Gasteiger partial charge in [0.1, 0.15) is 0 Å². The van der Waals surface area contributed by atoms with Crippen LogP contribution in [0.3, 0.4) is 0 Å². The van der Waals surface area contributed by atoms with Crippen LogP contribution in [0.1, 0.15) is 36.7 Å². The molecule has 0 aliphatic carbocycles. The molecule has 0 spiro atoms. The van der Waals surface area contributed by atoms with Gasteiger partial charge < -0.3 is 0 Å². The molecule has 1 N–H and O–H groups in total. The average Bonchev–Trinajstić information content (AvgIpc) is 2.16. The van der Waals surface area contributed by atoms with Gasteiger partial charge in [-0.2, -0.15) is 0 Å². The van der Waals surface area contributed by atoms with Crippen LogP contribution < -0.4 is 4.94 Å². The number of hydrazine groups is 1. The Bertz CT molecular complexity index is 385. The zero-order valence-corrected chi connectivity index (χ0v) is 10.8. The van der Waals surface area contributed by atoms with Crippen molar-refractivity contribution in [2.45, 2.75) is 33.2 Å². The number of nitrogens with one attached hydrogen (secondary N) is 1. The first kappa shape index (κ1) is 13.0. The summed E-state index contributed by atoms with van der Waals surface area (Å²) in [5.41, 5.74) is 1.31. The standard InChI is InChI=1S/C12H17ClN2O/c1-9-6-5-7-10(8-9)11(16)15(14-13)12(2,3)4/h5-8,14H,1-4H3. The monoisotopic (exact) mass is 240 g/mol. The molecule has 1 rings (SSSR count). The summed E-state index contributed by atoms with van der Waals surface area (Å²) >= 11 is 5.59. The molecule has 0 saturated carbocycles. The van der Waals surface area contributed by atoms with Gasteiger partial charge in [-0.25, -0.2) is 0 Å². The number of carbonyl (C=O) groups is 1. The number of amides is 1. The number of halogens is 1. The van der Waals surface area contributed by atoms with Crippen molar-refractivity contribution in [3.63, 3.8) is 0 Å². The lowest BCUT2D eigenvalue weighted by molar-refractivity contribution is 0.0515. The normalized spacial score (nSPS) is 11.3. The molecule has 0 radical (unpaired) electrons. The lowest BCUT2D eigenvalue weighted by Gasteiger charge is -2.33. The lowest BCUT2D eigenvalue weighted by atomic mass is 10.1. The van der Waals surface area contributed by atoms with E-state index >= 15 is 0 Å². The first-order chi connectivity index (χ1) is 7.36. The van der Waals surface area contributed by atoms with E-state index in [4.69, 9.17) is 11.8 Å². The average molecular weight is 241 g/mol. The Balaban J connectivity index is 3.01. The molecule has 0 fully saturated rings. The Morgan fingerprint density at radius 2 is 2.00 bits per heavy atom. The van der Waals surface area contributed by atoms with Crippen LogP contribution in [0.2, 0.25) is 0 Å². The molecule has 0 unspecified atom stereocenters. The van der Waals surface area contributed by atoms with Gasteiger partial charge in [-0.1, -0.05) is 17.7 Å². The van der Waals surface area contributed by atoms with Gasteiger partial charge in [0, 0.05) is 5.56 Å². The summed E-state index contributed by atoms with van der Waals surface area (Å²) < 4.78 is 0. The number of carbonyl (C=O) groups excluding carboxylic acids is 1. The Labute approximate surface area is 101 Å². The van der Waals surface area contributed by atoms with E-state index in [-0.39, 0.29) is 11.4 Å². The van der Waals surface area contributed by atoms with Crippen LogP contribution in [0.4, 0.5) is 0 Å². The summed E-state index contributed by atoms with van der Waals surface area (Å²) in [6.07, 6.45) is 0. The van der Waals surface area contributed by atoms with Crippen molar-refractivity contribution in [2.75, 3.05) is 0 Å². The molecule has 0 atom stereocenters. The van der Waals surface area contributed by atoms with Gasteiger partial charge in [-0.15, -0.1) is 4.94 Å². The predicted octanol–water partition coefficient (Wildman–Crippen LogP) is 2.89. The van der Waals surface area contributed by atoms with Crippen LogP contribution in [0.15, 0.2) is 24.3 Å². The van der Waals surface area contributed by atoms with E-state index < -0.39 is 0 Å². The summed E-state index contributed by atoms with van der Waals surface area (Å²) in [5.74, 6) is -0.133. The van der Waals surface area contributed by atoms with Crippen LogP contribution >= 0.6 is 11.8 Å². The molecule has 4 heteroatoms.